The highest BCUT2D eigenvalue weighted by molar-refractivity contribution is 5.75. The summed E-state index contributed by atoms with van der Waals surface area (Å²) in [5.41, 5.74) is 0.956. The molecule has 8 heteroatoms. The van der Waals surface area contributed by atoms with Gasteiger partial charge in [-0.05, 0) is 42.4 Å². The molecule has 0 saturated carbocycles. The standard InChI is InChI=1S/C27H45N3O5/c1-7-10-11-22(17-33-27(32)30(15-19(4)5)16-20(6)8-2)28-26(31)29-23(9-3)21-12-13-24-25(14-21)35-18-34-24/h12-14,19-20,22-23H,7-11,15-18H2,1-6H3,(H2,28,29,31)/t20?,22-,23-/m0/s1. The summed E-state index contributed by atoms with van der Waals surface area (Å²) in [6.45, 7) is 14.3. The van der Waals surface area contributed by atoms with Gasteiger partial charge in [-0.25, -0.2) is 9.59 Å². The minimum Gasteiger partial charge on any atom is -0.454 e. The van der Waals surface area contributed by atoms with Crippen LogP contribution < -0.4 is 20.1 Å². The lowest BCUT2D eigenvalue weighted by Gasteiger charge is -2.28. The normalized spacial score (nSPS) is 14.8. The van der Waals surface area contributed by atoms with Crippen LogP contribution in [0.25, 0.3) is 0 Å². The summed E-state index contributed by atoms with van der Waals surface area (Å²) < 4.78 is 16.5. The lowest BCUT2D eigenvalue weighted by Crippen LogP contribution is -2.46. The first-order valence-electron chi connectivity index (χ1n) is 13.1. The lowest BCUT2D eigenvalue weighted by atomic mass is 10.0. The van der Waals surface area contributed by atoms with Gasteiger partial charge < -0.3 is 29.7 Å². The Morgan fingerprint density at radius 2 is 1.77 bits per heavy atom. The number of hydrogen-bond acceptors (Lipinski definition) is 5. The maximum atomic E-state index is 12.9. The van der Waals surface area contributed by atoms with Crippen LogP contribution in [0.5, 0.6) is 11.5 Å². The average molecular weight is 492 g/mol. The van der Waals surface area contributed by atoms with E-state index in [1.165, 1.54) is 0 Å². The number of amides is 3. The molecule has 0 aromatic heterocycles. The van der Waals surface area contributed by atoms with Crippen LogP contribution in [0.2, 0.25) is 0 Å². The molecule has 8 nitrogen and oxygen atoms in total. The van der Waals surface area contributed by atoms with Gasteiger partial charge in [0, 0.05) is 13.1 Å². The van der Waals surface area contributed by atoms with Gasteiger partial charge in [-0.15, -0.1) is 0 Å². The van der Waals surface area contributed by atoms with E-state index >= 15 is 0 Å². The van der Waals surface area contributed by atoms with Gasteiger partial charge in [0.05, 0.1) is 12.1 Å². The van der Waals surface area contributed by atoms with Crippen molar-refractivity contribution in [3.8, 4) is 11.5 Å². The topological polar surface area (TPSA) is 89.1 Å². The second kappa shape index (κ2) is 14.7. The molecule has 0 spiro atoms. The molecule has 1 unspecified atom stereocenters. The molecule has 1 heterocycles. The predicted molar refractivity (Wildman–Crippen MR) is 138 cm³/mol. The number of rotatable bonds is 14. The maximum absolute atomic E-state index is 12.9. The third-order valence-corrected chi connectivity index (χ3v) is 6.23. The van der Waals surface area contributed by atoms with Crippen LogP contribution in [0.15, 0.2) is 18.2 Å². The number of carbonyl (C=O) groups is 2. The minimum absolute atomic E-state index is 0.155. The smallest absolute Gasteiger partial charge is 0.409 e. The zero-order chi connectivity index (χ0) is 25.8. The van der Waals surface area contributed by atoms with Gasteiger partial charge in [0.25, 0.3) is 0 Å². The predicted octanol–water partition coefficient (Wildman–Crippen LogP) is 5.87. The fourth-order valence-electron chi connectivity index (χ4n) is 4.02. The molecule has 198 valence electrons. The second-order valence-corrected chi connectivity index (χ2v) is 9.92. The Labute approximate surface area is 211 Å². The number of benzene rings is 1. The molecule has 0 bridgehead atoms. The number of carbonyl (C=O) groups excluding carboxylic acids is 2. The van der Waals surface area contributed by atoms with Crippen molar-refractivity contribution in [3.05, 3.63) is 23.8 Å². The summed E-state index contributed by atoms with van der Waals surface area (Å²) in [6.07, 6.45) is 4.09. The van der Waals surface area contributed by atoms with Crippen molar-refractivity contribution in [3.63, 3.8) is 0 Å². The number of nitrogens with zero attached hydrogens (tertiary/aromatic N) is 1. The first-order valence-corrected chi connectivity index (χ1v) is 13.1. The summed E-state index contributed by atoms with van der Waals surface area (Å²) in [5, 5.41) is 6.08. The molecule has 0 fully saturated rings. The molecule has 1 aliphatic rings. The van der Waals surface area contributed by atoms with E-state index in [1.807, 2.05) is 25.1 Å². The van der Waals surface area contributed by atoms with Gasteiger partial charge in [-0.3, -0.25) is 0 Å². The van der Waals surface area contributed by atoms with Crippen LogP contribution in [0.3, 0.4) is 0 Å². The van der Waals surface area contributed by atoms with Crippen LogP contribution >= 0.6 is 0 Å². The van der Waals surface area contributed by atoms with Crippen molar-refractivity contribution in [2.45, 2.75) is 85.7 Å². The van der Waals surface area contributed by atoms with E-state index in [0.29, 0.717) is 36.4 Å². The van der Waals surface area contributed by atoms with E-state index in [9.17, 15) is 9.59 Å². The Morgan fingerprint density at radius 3 is 2.43 bits per heavy atom. The summed E-state index contributed by atoms with van der Waals surface area (Å²) in [6, 6.07) is 5.03. The molecular formula is C27H45N3O5. The lowest BCUT2D eigenvalue weighted by molar-refractivity contribution is 0.0831. The number of unbranched alkanes of at least 4 members (excludes halogenated alkanes) is 1. The van der Waals surface area contributed by atoms with Gasteiger partial charge in [0.2, 0.25) is 6.79 Å². The van der Waals surface area contributed by atoms with Crippen LogP contribution in [-0.2, 0) is 4.74 Å². The molecule has 1 aromatic rings. The Balaban J connectivity index is 1.96. The number of nitrogens with one attached hydrogen (secondary N) is 2. The van der Waals surface area contributed by atoms with Crippen molar-refractivity contribution in [1.29, 1.82) is 0 Å². The monoisotopic (exact) mass is 491 g/mol. The largest absolute Gasteiger partial charge is 0.454 e. The van der Waals surface area contributed by atoms with Crippen molar-refractivity contribution >= 4 is 12.1 Å². The van der Waals surface area contributed by atoms with E-state index in [4.69, 9.17) is 14.2 Å². The van der Waals surface area contributed by atoms with E-state index in [1.54, 1.807) is 4.90 Å². The van der Waals surface area contributed by atoms with E-state index in [-0.39, 0.29) is 37.6 Å². The Hall–Kier alpha value is -2.64. The molecule has 0 aliphatic carbocycles. The molecule has 3 atom stereocenters. The van der Waals surface area contributed by atoms with E-state index in [2.05, 4.69) is 45.3 Å². The Morgan fingerprint density at radius 1 is 1.03 bits per heavy atom. The van der Waals surface area contributed by atoms with Crippen molar-refractivity contribution in [2.75, 3.05) is 26.5 Å². The van der Waals surface area contributed by atoms with Gasteiger partial charge >= 0.3 is 12.1 Å². The highest BCUT2D eigenvalue weighted by Gasteiger charge is 2.23. The fraction of sp³-hybridized carbons (Fsp3) is 0.704. The molecule has 2 N–H and O–H groups in total. The van der Waals surface area contributed by atoms with Crippen LogP contribution in [0, 0.1) is 11.8 Å². The third-order valence-electron chi connectivity index (χ3n) is 6.23. The highest BCUT2D eigenvalue weighted by Crippen LogP contribution is 2.34. The Bertz CT molecular complexity index is 801. The van der Waals surface area contributed by atoms with Crippen molar-refractivity contribution < 1.29 is 23.8 Å². The van der Waals surface area contributed by atoms with Crippen LogP contribution in [0.1, 0.15) is 85.3 Å². The van der Waals surface area contributed by atoms with Crippen LogP contribution in [0.4, 0.5) is 9.59 Å². The summed E-state index contributed by atoms with van der Waals surface area (Å²) >= 11 is 0. The molecule has 3 amide bonds. The van der Waals surface area contributed by atoms with E-state index < -0.39 is 0 Å². The van der Waals surface area contributed by atoms with Gasteiger partial charge in [-0.2, -0.15) is 0 Å². The van der Waals surface area contributed by atoms with Crippen molar-refractivity contribution in [1.82, 2.24) is 15.5 Å². The Kier molecular flexibility index (Phi) is 12.0. The quantitative estimate of drug-likeness (QED) is 0.340. The van der Waals surface area contributed by atoms with Gasteiger partial charge in [-0.1, -0.05) is 66.9 Å². The molecule has 1 aromatic carbocycles. The zero-order valence-electron chi connectivity index (χ0n) is 22.4. The minimum atomic E-state index is -0.311. The molecule has 1 aliphatic heterocycles. The second-order valence-electron chi connectivity index (χ2n) is 9.92. The first kappa shape index (κ1) is 28.6. The SMILES string of the molecule is CCCC[C@@H](COC(=O)N(CC(C)C)CC(C)CC)NC(=O)N[C@@H](CC)c1ccc2c(c1)OCO2. The average Bonchev–Trinajstić information content (AvgIpc) is 3.31. The number of ether oxygens (including phenoxy) is 3. The maximum Gasteiger partial charge on any atom is 0.409 e. The van der Waals surface area contributed by atoms with Crippen LogP contribution in [-0.4, -0.2) is 49.6 Å². The fourth-order valence-corrected chi connectivity index (χ4v) is 4.02. The number of hydrogen-bond donors (Lipinski definition) is 2. The third kappa shape index (κ3) is 9.49. The molecule has 0 saturated heterocycles. The number of urea groups is 1. The van der Waals surface area contributed by atoms with Crippen molar-refractivity contribution in [2.24, 2.45) is 11.8 Å². The van der Waals surface area contributed by atoms with Gasteiger partial charge in [0.15, 0.2) is 11.5 Å². The van der Waals surface area contributed by atoms with Gasteiger partial charge in [0.1, 0.15) is 6.61 Å². The molecule has 35 heavy (non-hydrogen) atoms. The summed E-state index contributed by atoms with van der Waals surface area (Å²) in [4.78, 5) is 27.5. The summed E-state index contributed by atoms with van der Waals surface area (Å²) in [5.74, 6) is 2.17. The van der Waals surface area contributed by atoms with E-state index in [0.717, 1.165) is 37.7 Å². The molecule has 0 radical (unpaired) electrons. The number of fused-ring (bicyclic) bond motifs is 1. The zero-order valence-corrected chi connectivity index (χ0v) is 22.4. The molecule has 2 rings (SSSR count). The summed E-state index contributed by atoms with van der Waals surface area (Å²) in [7, 11) is 0. The molecular weight excluding hydrogens is 446 g/mol. The highest BCUT2D eigenvalue weighted by atomic mass is 16.7. The first-order chi connectivity index (χ1) is 16.8.